The summed E-state index contributed by atoms with van der Waals surface area (Å²) in [6, 6.07) is 8.27. The standard InChI is InChI=1S/C21H28N2O4/c1-16(2)27-21(25)13-18(14-24)15-26-11-5-8-20-22-9-10-23(20)19-7-4-6-17(3)12-19/h4,6-7,9-10,12,14,16,18H,5,8,11,13,15H2,1-3H3. The van der Waals surface area contributed by atoms with Crippen LogP contribution in [0.15, 0.2) is 36.7 Å². The van der Waals surface area contributed by atoms with E-state index in [1.807, 2.05) is 12.3 Å². The number of hydrogen-bond acceptors (Lipinski definition) is 5. The fourth-order valence-electron chi connectivity index (χ4n) is 2.77. The molecule has 0 aliphatic carbocycles. The van der Waals surface area contributed by atoms with E-state index in [1.165, 1.54) is 5.56 Å². The van der Waals surface area contributed by atoms with Crippen LogP contribution in [-0.4, -0.2) is 41.1 Å². The van der Waals surface area contributed by atoms with Crippen LogP contribution in [0.2, 0.25) is 0 Å². The van der Waals surface area contributed by atoms with Gasteiger partial charge in [0.15, 0.2) is 0 Å². The van der Waals surface area contributed by atoms with Crippen molar-refractivity contribution < 1.29 is 19.1 Å². The minimum Gasteiger partial charge on any atom is -0.463 e. The molecule has 0 radical (unpaired) electrons. The summed E-state index contributed by atoms with van der Waals surface area (Å²) < 4.78 is 12.7. The number of nitrogens with zero attached hydrogens (tertiary/aromatic N) is 2. The highest BCUT2D eigenvalue weighted by Gasteiger charge is 2.15. The average molecular weight is 372 g/mol. The molecule has 1 unspecified atom stereocenters. The first-order valence-corrected chi connectivity index (χ1v) is 9.31. The molecule has 0 bridgehead atoms. The molecule has 0 amide bonds. The number of esters is 1. The zero-order chi connectivity index (χ0) is 19.6. The van der Waals surface area contributed by atoms with E-state index < -0.39 is 5.92 Å². The van der Waals surface area contributed by atoms with Gasteiger partial charge in [0.1, 0.15) is 12.1 Å². The second-order valence-electron chi connectivity index (χ2n) is 6.87. The van der Waals surface area contributed by atoms with Crippen molar-refractivity contribution >= 4 is 12.3 Å². The second-order valence-corrected chi connectivity index (χ2v) is 6.87. The zero-order valence-electron chi connectivity index (χ0n) is 16.3. The SMILES string of the molecule is Cc1cccc(-n2ccnc2CCCOCC(C=O)CC(=O)OC(C)C)c1. The van der Waals surface area contributed by atoms with E-state index in [2.05, 4.69) is 34.7 Å². The number of aryl methyl sites for hydroxylation is 2. The minimum atomic E-state index is -0.467. The first-order valence-electron chi connectivity index (χ1n) is 9.31. The highest BCUT2D eigenvalue weighted by atomic mass is 16.5. The molecule has 0 spiro atoms. The molecule has 0 aliphatic rings. The number of aromatic nitrogens is 2. The van der Waals surface area contributed by atoms with Crippen molar-refractivity contribution in [3.8, 4) is 5.69 Å². The van der Waals surface area contributed by atoms with Gasteiger partial charge in [0.2, 0.25) is 0 Å². The fourth-order valence-corrected chi connectivity index (χ4v) is 2.77. The molecule has 0 N–H and O–H groups in total. The Morgan fingerprint density at radius 2 is 2.15 bits per heavy atom. The molecule has 1 aromatic heterocycles. The topological polar surface area (TPSA) is 70.4 Å². The van der Waals surface area contributed by atoms with E-state index in [1.54, 1.807) is 20.0 Å². The first-order chi connectivity index (χ1) is 13.0. The highest BCUT2D eigenvalue weighted by molar-refractivity contribution is 5.73. The largest absolute Gasteiger partial charge is 0.463 e. The number of hydrogen-bond donors (Lipinski definition) is 0. The number of imidazole rings is 1. The summed E-state index contributed by atoms with van der Waals surface area (Å²) in [6.07, 6.45) is 5.93. The van der Waals surface area contributed by atoms with Gasteiger partial charge < -0.3 is 18.8 Å². The molecule has 0 saturated carbocycles. The molecular formula is C21H28N2O4. The van der Waals surface area contributed by atoms with Crippen LogP contribution < -0.4 is 0 Å². The van der Waals surface area contributed by atoms with Gasteiger partial charge in [-0.3, -0.25) is 4.79 Å². The average Bonchev–Trinajstić information content (AvgIpc) is 3.08. The van der Waals surface area contributed by atoms with Gasteiger partial charge in [-0.25, -0.2) is 4.98 Å². The maximum Gasteiger partial charge on any atom is 0.306 e. The van der Waals surface area contributed by atoms with Crippen LogP contribution in [0.3, 0.4) is 0 Å². The van der Waals surface area contributed by atoms with Gasteiger partial charge in [0, 0.05) is 37.0 Å². The first kappa shape index (κ1) is 20.8. The van der Waals surface area contributed by atoms with Crippen molar-refractivity contribution in [2.45, 2.75) is 46.1 Å². The minimum absolute atomic E-state index is 0.0550. The quantitative estimate of drug-likeness (QED) is 0.344. The number of rotatable bonds is 11. The van der Waals surface area contributed by atoms with Gasteiger partial charge in [0.05, 0.1) is 19.1 Å². The van der Waals surface area contributed by atoms with E-state index in [0.29, 0.717) is 6.61 Å². The third-order valence-corrected chi connectivity index (χ3v) is 4.01. The Bertz CT molecular complexity index is 739. The van der Waals surface area contributed by atoms with E-state index in [9.17, 15) is 9.59 Å². The lowest BCUT2D eigenvalue weighted by atomic mass is 10.1. The molecule has 0 aliphatic heterocycles. The summed E-state index contributed by atoms with van der Waals surface area (Å²) >= 11 is 0. The molecule has 1 atom stereocenters. The van der Waals surface area contributed by atoms with Crippen LogP contribution >= 0.6 is 0 Å². The van der Waals surface area contributed by atoms with Crippen molar-refractivity contribution in [3.05, 3.63) is 48.0 Å². The van der Waals surface area contributed by atoms with Crippen molar-refractivity contribution in [3.63, 3.8) is 0 Å². The number of aldehydes is 1. The number of carbonyl (C=O) groups excluding carboxylic acids is 2. The lowest BCUT2D eigenvalue weighted by Gasteiger charge is -2.13. The molecule has 1 heterocycles. The summed E-state index contributed by atoms with van der Waals surface area (Å²) in [5, 5.41) is 0. The van der Waals surface area contributed by atoms with E-state index >= 15 is 0 Å². The van der Waals surface area contributed by atoms with E-state index in [-0.39, 0.29) is 25.1 Å². The van der Waals surface area contributed by atoms with Gasteiger partial charge in [-0.05, 0) is 44.9 Å². The Hall–Kier alpha value is -2.47. The predicted octanol–water partition coefficient (Wildman–Crippen LogP) is 3.29. The second kappa shape index (κ2) is 10.6. The van der Waals surface area contributed by atoms with Crippen LogP contribution in [0.1, 0.15) is 38.1 Å². The van der Waals surface area contributed by atoms with Crippen LogP contribution in [0, 0.1) is 12.8 Å². The Labute approximate surface area is 160 Å². The van der Waals surface area contributed by atoms with Gasteiger partial charge >= 0.3 is 5.97 Å². The third-order valence-electron chi connectivity index (χ3n) is 4.01. The Balaban J connectivity index is 1.75. The maximum atomic E-state index is 11.6. The summed E-state index contributed by atoms with van der Waals surface area (Å²) in [6.45, 7) is 6.36. The molecule has 6 heteroatoms. The molecular weight excluding hydrogens is 344 g/mol. The molecule has 27 heavy (non-hydrogen) atoms. The molecule has 2 rings (SSSR count). The monoisotopic (exact) mass is 372 g/mol. The summed E-state index contributed by atoms with van der Waals surface area (Å²) in [4.78, 5) is 27.1. The molecule has 146 valence electrons. The van der Waals surface area contributed by atoms with Gasteiger partial charge in [-0.2, -0.15) is 0 Å². The summed E-state index contributed by atoms with van der Waals surface area (Å²) in [5.74, 6) is 0.132. The van der Waals surface area contributed by atoms with E-state index in [0.717, 1.165) is 30.6 Å². The Kier molecular flexibility index (Phi) is 8.20. The van der Waals surface area contributed by atoms with Crippen molar-refractivity contribution in [2.75, 3.05) is 13.2 Å². The molecule has 2 aromatic rings. The highest BCUT2D eigenvalue weighted by Crippen LogP contribution is 2.14. The number of ether oxygens (including phenoxy) is 2. The maximum absolute atomic E-state index is 11.6. The molecule has 0 fully saturated rings. The number of benzene rings is 1. The predicted molar refractivity (Wildman–Crippen MR) is 103 cm³/mol. The normalized spacial score (nSPS) is 12.1. The molecule has 1 aromatic carbocycles. The Morgan fingerprint density at radius 3 is 2.85 bits per heavy atom. The summed E-state index contributed by atoms with van der Waals surface area (Å²) in [5.41, 5.74) is 2.29. The third kappa shape index (κ3) is 6.98. The van der Waals surface area contributed by atoms with Crippen molar-refractivity contribution in [1.29, 1.82) is 0 Å². The number of carbonyl (C=O) groups is 2. The zero-order valence-corrected chi connectivity index (χ0v) is 16.3. The van der Waals surface area contributed by atoms with Crippen molar-refractivity contribution in [1.82, 2.24) is 9.55 Å². The van der Waals surface area contributed by atoms with Gasteiger partial charge in [0.25, 0.3) is 0 Å². The van der Waals surface area contributed by atoms with Gasteiger partial charge in [-0.15, -0.1) is 0 Å². The Morgan fingerprint density at radius 1 is 1.33 bits per heavy atom. The molecule has 0 saturated heterocycles. The lowest BCUT2D eigenvalue weighted by Crippen LogP contribution is -2.20. The lowest BCUT2D eigenvalue weighted by molar-refractivity contribution is -0.149. The van der Waals surface area contributed by atoms with Crippen molar-refractivity contribution in [2.24, 2.45) is 5.92 Å². The van der Waals surface area contributed by atoms with Gasteiger partial charge in [-0.1, -0.05) is 12.1 Å². The van der Waals surface area contributed by atoms with E-state index in [4.69, 9.17) is 9.47 Å². The summed E-state index contributed by atoms with van der Waals surface area (Å²) in [7, 11) is 0. The van der Waals surface area contributed by atoms with Crippen LogP contribution in [0.5, 0.6) is 0 Å². The molecule has 6 nitrogen and oxygen atoms in total. The van der Waals surface area contributed by atoms with Crippen LogP contribution in [0.4, 0.5) is 0 Å². The van der Waals surface area contributed by atoms with Crippen LogP contribution in [-0.2, 0) is 25.5 Å². The van der Waals surface area contributed by atoms with Crippen LogP contribution in [0.25, 0.3) is 5.69 Å². The fraction of sp³-hybridized carbons (Fsp3) is 0.476. The smallest absolute Gasteiger partial charge is 0.306 e.